The summed E-state index contributed by atoms with van der Waals surface area (Å²) in [5.41, 5.74) is 12.9. The Morgan fingerprint density at radius 2 is 2.31 bits per heavy atom. The van der Waals surface area contributed by atoms with Crippen LogP contribution < -0.4 is 11.5 Å². The van der Waals surface area contributed by atoms with Gasteiger partial charge in [0.2, 0.25) is 0 Å². The molecule has 0 aliphatic heterocycles. The van der Waals surface area contributed by atoms with Gasteiger partial charge in [0.15, 0.2) is 0 Å². The summed E-state index contributed by atoms with van der Waals surface area (Å²) < 4.78 is 0. The van der Waals surface area contributed by atoms with Gasteiger partial charge < -0.3 is 16.6 Å². The number of anilines is 1. The molecule has 72 valence electrons. The lowest BCUT2D eigenvalue weighted by molar-refractivity contribution is 0.282. The van der Waals surface area contributed by atoms with Crippen LogP contribution in [0.15, 0.2) is 12.3 Å². The smallest absolute Gasteiger partial charge is 0.128 e. The molecule has 0 aromatic carbocycles. The van der Waals surface area contributed by atoms with Crippen LogP contribution in [-0.4, -0.2) is 10.1 Å². The Balaban J connectivity index is 2.99. The lowest BCUT2D eigenvalue weighted by Crippen LogP contribution is -2.10. The van der Waals surface area contributed by atoms with Crippen molar-refractivity contribution >= 4 is 5.82 Å². The second-order valence-corrected chi connectivity index (χ2v) is 2.99. The molecule has 0 spiro atoms. The minimum atomic E-state index is -0.0941. The Kier molecular flexibility index (Phi) is 3.22. The Hall–Kier alpha value is -1.13. The predicted molar refractivity (Wildman–Crippen MR) is 51.8 cm³/mol. The van der Waals surface area contributed by atoms with E-state index in [9.17, 15) is 0 Å². The van der Waals surface area contributed by atoms with Gasteiger partial charge in [-0.3, -0.25) is 0 Å². The summed E-state index contributed by atoms with van der Waals surface area (Å²) >= 11 is 0. The van der Waals surface area contributed by atoms with Crippen molar-refractivity contribution in [3.05, 3.63) is 23.4 Å². The van der Waals surface area contributed by atoms with E-state index in [2.05, 4.69) is 4.98 Å². The molecular formula is C9H15N3O. The molecular weight excluding hydrogens is 166 g/mol. The fourth-order valence-electron chi connectivity index (χ4n) is 1.10. The van der Waals surface area contributed by atoms with Crippen LogP contribution in [0.25, 0.3) is 0 Å². The maximum absolute atomic E-state index is 8.94. The van der Waals surface area contributed by atoms with Crippen LogP contribution in [0.5, 0.6) is 0 Å². The van der Waals surface area contributed by atoms with Crippen molar-refractivity contribution in [2.24, 2.45) is 5.73 Å². The van der Waals surface area contributed by atoms with Crippen molar-refractivity contribution in [1.82, 2.24) is 4.98 Å². The molecule has 0 fully saturated rings. The van der Waals surface area contributed by atoms with Gasteiger partial charge in [0.25, 0.3) is 0 Å². The van der Waals surface area contributed by atoms with Gasteiger partial charge >= 0.3 is 0 Å². The highest BCUT2D eigenvalue weighted by Gasteiger charge is 2.06. The van der Waals surface area contributed by atoms with Crippen LogP contribution in [0.1, 0.15) is 30.5 Å². The molecule has 0 aliphatic carbocycles. The van der Waals surface area contributed by atoms with Crippen LogP contribution in [0.2, 0.25) is 0 Å². The molecule has 1 heterocycles. The fraction of sp³-hybridized carbons (Fsp3) is 0.444. The van der Waals surface area contributed by atoms with Crippen molar-refractivity contribution in [3.8, 4) is 0 Å². The highest BCUT2D eigenvalue weighted by atomic mass is 16.3. The van der Waals surface area contributed by atoms with Gasteiger partial charge in [-0.2, -0.15) is 0 Å². The molecule has 0 bridgehead atoms. The molecule has 1 aromatic rings. The first-order chi connectivity index (χ1) is 6.19. The molecule has 1 rings (SSSR count). The summed E-state index contributed by atoms with van der Waals surface area (Å²) in [7, 11) is 0. The van der Waals surface area contributed by atoms with Gasteiger partial charge in [0.1, 0.15) is 5.82 Å². The topological polar surface area (TPSA) is 85.2 Å². The molecule has 4 heteroatoms. The van der Waals surface area contributed by atoms with Crippen LogP contribution in [0, 0.1) is 0 Å². The minimum Gasteiger partial charge on any atom is -0.392 e. The van der Waals surface area contributed by atoms with E-state index in [0.717, 1.165) is 12.0 Å². The first kappa shape index (κ1) is 9.95. The maximum Gasteiger partial charge on any atom is 0.128 e. The summed E-state index contributed by atoms with van der Waals surface area (Å²) in [5, 5.41) is 8.94. The third kappa shape index (κ3) is 2.17. The zero-order valence-electron chi connectivity index (χ0n) is 7.70. The molecule has 1 atom stereocenters. The number of hydrogen-bond donors (Lipinski definition) is 3. The lowest BCUT2D eigenvalue weighted by atomic mass is 10.1. The third-order valence-corrected chi connectivity index (χ3v) is 2.06. The molecule has 0 unspecified atom stereocenters. The number of pyridine rings is 1. The van der Waals surface area contributed by atoms with Crippen molar-refractivity contribution in [1.29, 1.82) is 0 Å². The number of nitrogens with two attached hydrogens (primary N) is 2. The van der Waals surface area contributed by atoms with E-state index in [4.69, 9.17) is 16.6 Å². The Labute approximate surface area is 77.6 Å². The predicted octanol–water partition coefficient (Wildman–Crippen LogP) is 0.566. The van der Waals surface area contributed by atoms with E-state index in [1.54, 1.807) is 12.3 Å². The van der Waals surface area contributed by atoms with E-state index < -0.39 is 0 Å². The molecule has 5 N–H and O–H groups in total. The molecule has 0 amide bonds. The van der Waals surface area contributed by atoms with Gasteiger partial charge in [-0.15, -0.1) is 0 Å². The number of aliphatic hydroxyl groups is 1. The largest absolute Gasteiger partial charge is 0.392 e. The summed E-state index contributed by atoms with van der Waals surface area (Å²) in [4.78, 5) is 3.96. The fourth-order valence-corrected chi connectivity index (χ4v) is 1.10. The van der Waals surface area contributed by atoms with Gasteiger partial charge in [0, 0.05) is 17.8 Å². The van der Waals surface area contributed by atoms with E-state index in [1.165, 1.54) is 0 Å². The number of aliphatic hydroxyl groups excluding tert-OH is 1. The Bertz CT molecular complexity index is 288. The lowest BCUT2D eigenvalue weighted by Gasteiger charge is -2.10. The highest BCUT2D eigenvalue weighted by Crippen LogP contribution is 2.17. The average molecular weight is 181 g/mol. The number of hydrogen-bond acceptors (Lipinski definition) is 4. The van der Waals surface area contributed by atoms with Crippen molar-refractivity contribution < 1.29 is 5.11 Å². The second-order valence-electron chi connectivity index (χ2n) is 2.99. The van der Waals surface area contributed by atoms with Crippen LogP contribution in [-0.2, 0) is 6.61 Å². The van der Waals surface area contributed by atoms with Crippen LogP contribution in [0.3, 0.4) is 0 Å². The number of rotatable bonds is 3. The molecule has 0 aliphatic rings. The number of aromatic nitrogens is 1. The van der Waals surface area contributed by atoms with Crippen LogP contribution in [0.4, 0.5) is 5.82 Å². The van der Waals surface area contributed by atoms with Crippen molar-refractivity contribution in [2.45, 2.75) is 26.0 Å². The van der Waals surface area contributed by atoms with E-state index >= 15 is 0 Å². The van der Waals surface area contributed by atoms with Crippen molar-refractivity contribution in [2.75, 3.05) is 5.73 Å². The van der Waals surface area contributed by atoms with E-state index in [0.29, 0.717) is 11.4 Å². The second kappa shape index (κ2) is 4.20. The van der Waals surface area contributed by atoms with Gasteiger partial charge in [-0.25, -0.2) is 4.98 Å². The Morgan fingerprint density at radius 3 is 2.85 bits per heavy atom. The average Bonchev–Trinajstić information content (AvgIpc) is 2.17. The SMILES string of the molecule is CC[C@@H](N)c1cnc(N)c(CO)c1. The van der Waals surface area contributed by atoms with Crippen LogP contribution >= 0.6 is 0 Å². The molecule has 4 nitrogen and oxygen atoms in total. The van der Waals surface area contributed by atoms with Gasteiger partial charge in [-0.1, -0.05) is 6.92 Å². The first-order valence-corrected chi connectivity index (χ1v) is 4.29. The molecule has 13 heavy (non-hydrogen) atoms. The first-order valence-electron chi connectivity index (χ1n) is 4.29. The Morgan fingerprint density at radius 1 is 1.62 bits per heavy atom. The number of nitrogens with zero attached hydrogens (tertiary/aromatic N) is 1. The number of nitrogen functional groups attached to an aromatic ring is 1. The van der Waals surface area contributed by atoms with Gasteiger partial charge in [0.05, 0.1) is 6.61 Å². The normalized spacial score (nSPS) is 12.8. The quantitative estimate of drug-likeness (QED) is 0.636. The minimum absolute atomic E-state index is 0.0293. The summed E-state index contributed by atoms with van der Waals surface area (Å²) in [6.07, 6.45) is 2.50. The third-order valence-electron chi connectivity index (χ3n) is 2.06. The summed E-state index contributed by atoms with van der Waals surface area (Å²) in [5.74, 6) is 0.370. The summed E-state index contributed by atoms with van der Waals surface area (Å²) in [6, 6.07) is 1.77. The molecule has 0 saturated carbocycles. The maximum atomic E-state index is 8.94. The highest BCUT2D eigenvalue weighted by molar-refractivity contribution is 5.41. The molecule has 0 radical (unpaired) electrons. The monoisotopic (exact) mass is 181 g/mol. The van der Waals surface area contributed by atoms with E-state index in [-0.39, 0.29) is 12.6 Å². The van der Waals surface area contributed by atoms with E-state index in [1.807, 2.05) is 6.92 Å². The molecule has 1 aromatic heterocycles. The zero-order chi connectivity index (χ0) is 9.84. The van der Waals surface area contributed by atoms with Crippen molar-refractivity contribution in [3.63, 3.8) is 0 Å². The van der Waals surface area contributed by atoms with Gasteiger partial charge in [-0.05, 0) is 18.1 Å². The molecule has 0 saturated heterocycles. The zero-order valence-corrected chi connectivity index (χ0v) is 7.70. The standard InChI is InChI=1S/C9H15N3O/c1-2-8(10)6-3-7(5-13)9(11)12-4-6/h3-4,8,13H,2,5,10H2,1H3,(H2,11,12)/t8-/m1/s1. The summed E-state index contributed by atoms with van der Waals surface area (Å²) in [6.45, 7) is 1.91.